The topological polar surface area (TPSA) is 26.3 Å². The largest absolute Gasteiger partial charge is 0.461 e. The highest BCUT2D eigenvalue weighted by atomic mass is 79.9. The fraction of sp³-hybridized carbons (Fsp3) is 0.375. The van der Waals surface area contributed by atoms with E-state index in [0.29, 0.717) is 13.0 Å². The van der Waals surface area contributed by atoms with Gasteiger partial charge >= 0.3 is 5.97 Å². The SMILES string of the molecule is C=CCC(COC(C)=O)=C(Br)Br. The molecular formula is C8H10Br2O2. The molecule has 0 saturated carbocycles. The van der Waals surface area contributed by atoms with Gasteiger partial charge in [0.05, 0.1) is 3.39 Å². The molecule has 12 heavy (non-hydrogen) atoms. The van der Waals surface area contributed by atoms with Gasteiger partial charge in [0.25, 0.3) is 0 Å². The van der Waals surface area contributed by atoms with Gasteiger partial charge < -0.3 is 4.74 Å². The quantitative estimate of drug-likeness (QED) is 0.589. The highest BCUT2D eigenvalue weighted by molar-refractivity contribution is 9.28. The molecule has 0 heterocycles. The average molecular weight is 298 g/mol. The summed E-state index contributed by atoms with van der Waals surface area (Å²) in [4.78, 5) is 10.5. The fourth-order valence-corrected chi connectivity index (χ4v) is 1.11. The lowest BCUT2D eigenvalue weighted by Gasteiger charge is -2.04. The molecule has 4 heteroatoms. The maximum Gasteiger partial charge on any atom is 0.302 e. The Balaban J connectivity index is 4.06. The van der Waals surface area contributed by atoms with Crippen molar-refractivity contribution < 1.29 is 9.53 Å². The average Bonchev–Trinajstić information content (AvgIpc) is 1.96. The first-order valence-corrected chi connectivity index (χ1v) is 4.93. The lowest BCUT2D eigenvalue weighted by atomic mass is 10.2. The molecule has 0 aromatic heterocycles. The van der Waals surface area contributed by atoms with Crippen LogP contribution in [0.15, 0.2) is 21.6 Å². The number of rotatable bonds is 4. The van der Waals surface area contributed by atoms with E-state index in [0.717, 1.165) is 8.96 Å². The molecule has 0 amide bonds. The van der Waals surface area contributed by atoms with Crippen molar-refractivity contribution in [2.45, 2.75) is 13.3 Å². The number of ether oxygens (including phenoxy) is 1. The summed E-state index contributed by atoms with van der Waals surface area (Å²) in [5.41, 5.74) is 0.959. The first-order chi connectivity index (χ1) is 5.57. The van der Waals surface area contributed by atoms with Gasteiger partial charge in [-0.05, 0) is 43.9 Å². The second-order valence-electron chi connectivity index (χ2n) is 2.14. The Labute approximate surface area is 88.9 Å². The summed E-state index contributed by atoms with van der Waals surface area (Å²) in [6, 6.07) is 0. The molecule has 0 aromatic rings. The molecule has 0 fully saturated rings. The molecule has 0 N–H and O–H groups in total. The summed E-state index contributed by atoms with van der Waals surface area (Å²) < 4.78 is 5.63. The molecule has 0 rings (SSSR count). The van der Waals surface area contributed by atoms with Crippen LogP contribution in [0.5, 0.6) is 0 Å². The van der Waals surface area contributed by atoms with Gasteiger partial charge in [0.15, 0.2) is 0 Å². The van der Waals surface area contributed by atoms with E-state index in [9.17, 15) is 4.79 Å². The number of hydrogen-bond donors (Lipinski definition) is 0. The molecule has 0 aliphatic heterocycles. The van der Waals surface area contributed by atoms with Crippen molar-refractivity contribution in [2.75, 3.05) is 6.61 Å². The lowest BCUT2D eigenvalue weighted by Crippen LogP contribution is -2.03. The van der Waals surface area contributed by atoms with E-state index in [1.54, 1.807) is 6.08 Å². The van der Waals surface area contributed by atoms with Crippen LogP contribution in [0.25, 0.3) is 0 Å². The van der Waals surface area contributed by atoms with E-state index in [1.165, 1.54) is 6.92 Å². The van der Waals surface area contributed by atoms with E-state index >= 15 is 0 Å². The molecule has 0 aliphatic carbocycles. The summed E-state index contributed by atoms with van der Waals surface area (Å²) in [5.74, 6) is -0.280. The zero-order valence-corrected chi connectivity index (χ0v) is 9.94. The van der Waals surface area contributed by atoms with Crippen molar-refractivity contribution in [1.82, 2.24) is 0 Å². The van der Waals surface area contributed by atoms with Gasteiger partial charge in [-0.25, -0.2) is 0 Å². The minimum absolute atomic E-state index is 0.280. The molecule has 68 valence electrons. The number of esters is 1. The number of carbonyl (C=O) groups is 1. The van der Waals surface area contributed by atoms with Crippen LogP contribution in [-0.2, 0) is 9.53 Å². The van der Waals surface area contributed by atoms with Gasteiger partial charge in [-0.3, -0.25) is 4.79 Å². The van der Waals surface area contributed by atoms with Crippen LogP contribution in [0.2, 0.25) is 0 Å². The molecule has 0 unspecified atom stereocenters. The van der Waals surface area contributed by atoms with Crippen LogP contribution < -0.4 is 0 Å². The van der Waals surface area contributed by atoms with Crippen LogP contribution in [0.3, 0.4) is 0 Å². The third-order valence-corrected chi connectivity index (χ3v) is 2.23. The number of allylic oxidation sites excluding steroid dienone is 1. The van der Waals surface area contributed by atoms with Crippen molar-refractivity contribution >= 4 is 37.8 Å². The molecule has 0 saturated heterocycles. The minimum atomic E-state index is -0.280. The van der Waals surface area contributed by atoms with Crippen molar-refractivity contribution in [3.8, 4) is 0 Å². The summed E-state index contributed by atoms with van der Waals surface area (Å²) >= 11 is 6.50. The monoisotopic (exact) mass is 296 g/mol. The van der Waals surface area contributed by atoms with Gasteiger partial charge in [-0.1, -0.05) is 6.08 Å². The maximum absolute atomic E-state index is 10.5. The minimum Gasteiger partial charge on any atom is -0.461 e. The predicted octanol–water partition coefficient (Wildman–Crippen LogP) is 3.13. The number of carbonyl (C=O) groups excluding carboxylic acids is 1. The standard InChI is InChI=1S/C8H10Br2O2/c1-3-4-7(8(9)10)5-12-6(2)11/h3H,1,4-5H2,2H3. The van der Waals surface area contributed by atoms with Gasteiger partial charge in [-0.2, -0.15) is 0 Å². The van der Waals surface area contributed by atoms with Crippen LogP contribution >= 0.6 is 31.9 Å². The maximum atomic E-state index is 10.5. The Morgan fingerprint density at radius 1 is 1.58 bits per heavy atom. The van der Waals surface area contributed by atoms with Crippen molar-refractivity contribution in [3.05, 3.63) is 21.6 Å². The normalized spacial score (nSPS) is 8.92. The Morgan fingerprint density at radius 3 is 2.50 bits per heavy atom. The van der Waals surface area contributed by atoms with E-state index < -0.39 is 0 Å². The number of halogens is 2. The smallest absolute Gasteiger partial charge is 0.302 e. The van der Waals surface area contributed by atoms with Gasteiger partial charge in [0, 0.05) is 6.92 Å². The van der Waals surface area contributed by atoms with Gasteiger partial charge in [0.1, 0.15) is 6.61 Å². The molecule has 0 radical (unpaired) electrons. The summed E-state index contributed by atoms with van der Waals surface area (Å²) in [5, 5.41) is 0. The second kappa shape index (κ2) is 6.43. The number of hydrogen-bond acceptors (Lipinski definition) is 2. The molecule has 0 aromatic carbocycles. The second-order valence-corrected chi connectivity index (χ2v) is 4.79. The highest BCUT2D eigenvalue weighted by Crippen LogP contribution is 2.21. The van der Waals surface area contributed by atoms with Crippen molar-refractivity contribution in [2.24, 2.45) is 0 Å². The van der Waals surface area contributed by atoms with E-state index in [2.05, 4.69) is 38.4 Å². The molecule has 2 nitrogen and oxygen atoms in total. The van der Waals surface area contributed by atoms with Crippen LogP contribution in [0.1, 0.15) is 13.3 Å². The van der Waals surface area contributed by atoms with E-state index in [4.69, 9.17) is 4.74 Å². The Bertz CT molecular complexity index is 205. The summed E-state index contributed by atoms with van der Waals surface area (Å²) in [7, 11) is 0. The Morgan fingerprint density at radius 2 is 2.17 bits per heavy atom. The van der Waals surface area contributed by atoms with Crippen LogP contribution in [0, 0.1) is 0 Å². The zero-order valence-electron chi connectivity index (χ0n) is 6.77. The first-order valence-electron chi connectivity index (χ1n) is 3.35. The summed E-state index contributed by atoms with van der Waals surface area (Å²) in [6.07, 6.45) is 2.44. The van der Waals surface area contributed by atoms with Gasteiger partial charge in [0.2, 0.25) is 0 Å². The van der Waals surface area contributed by atoms with Crippen molar-refractivity contribution in [3.63, 3.8) is 0 Å². The molecule has 0 aliphatic rings. The van der Waals surface area contributed by atoms with Crippen LogP contribution in [0.4, 0.5) is 0 Å². The molecule has 0 spiro atoms. The predicted molar refractivity (Wildman–Crippen MR) is 56.3 cm³/mol. The molecular weight excluding hydrogens is 288 g/mol. The Kier molecular flexibility index (Phi) is 6.38. The third kappa shape index (κ3) is 5.55. The fourth-order valence-electron chi connectivity index (χ4n) is 0.554. The third-order valence-electron chi connectivity index (χ3n) is 1.11. The highest BCUT2D eigenvalue weighted by Gasteiger charge is 2.02. The molecule has 0 bridgehead atoms. The van der Waals surface area contributed by atoms with Crippen molar-refractivity contribution in [1.29, 1.82) is 0 Å². The zero-order chi connectivity index (χ0) is 9.56. The molecule has 0 atom stereocenters. The van der Waals surface area contributed by atoms with E-state index in [1.807, 2.05) is 0 Å². The van der Waals surface area contributed by atoms with E-state index in [-0.39, 0.29) is 5.97 Å². The summed E-state index contributed by atoms with van der Waals surface area (Å²) in [6.45, 7) is 5.28. The first kappa shape index (κ1) is 11.9. The van der Waals surface area contributed by atoms with Crippen LogP contribution in [-0.4, -0.2) is 12.6 Å². The van der Waals surface area contributed by atoms with Gasteiger partial charge in [-0.15, -0.1) is 6.58 Å². The lowest BCUT2D eigenvalue weighted by molar-refractivity contribution is -0.140. The Hall–Kier alpha value is -0.0900.